The van der Waals surface area contributed by atoms with Crippen molar-refractivity contribution in [2.75, 3.05) is 47.9 Å². The maximum absolute atomic E-state index is 6.07. The van der Waals surface area contributed by atoms with Gasteiger partial charge in [-0.15, -0.1) is 0 Å². The number of ether oxygens (including phenoxy) is 2. The zero-order valence-corrected chi connectivity index (χ0v) is 13.5. The molecule has 0 aliphatic carbocycles. The molecular formula is C16H27N3O2. The summed E-state index contributed by atoms with van der Waals surface area (Å²) in [5.74, 6) is 1.56. The number of nitrogens with zero attached hydrogens (tertiary/aromatic N) is 2. The number of para-hydroxylation sites is 1. The second kappa shape index (κ2) is 7.11. The predicted molar refractivity (Wildman–Crippen MR) is 85.0 cm³/mol. The fraction of sp³-hybridized carbons (Fsp3) is 0.625. The number of likely N-dealkylation sites (N-methyl/N-ethyl adjacent to an activating group) is 1. The van der Waals surface area contributed by atoms with Crippen LogP contribution in [-0.2, 0) is 0 Å². The Bertz CT molecular complexity index is 465. The summed E-state index contributed by atoms with van der Waals surface area (Å²) >= 11 is 0. The quantitative estimate of drug-likeness (QED) is 0.858. The normalized spacial score (nSPS) is 20.8. The van der Waals surface area contributed by atoms with Gasteiger partial charge in [0.15, 0.2) is 11.5 Å². The van der Waals surface area contributed by atoms with E-state index in [1.165, 1.54) is 6.42 Å². The summed E-state index contributed by atoms with van der Waals surface area (Å²) in [6, 6.07) is 6.76. The molecule has 0 spiro atoms. The molecule has 0 bridgehead atoms. The van der Waals surface area contributed by atoms with E-state index in [2.05, 4.69) is 30.0 Å². The molecule has 5 nitrogen and oxygen atoms in total. The first kappa shape index (κ1) is 16.1. The van der Waals surface area contributed by atoms with Gasteiger partial charge in [0.2, 0.25) is 0 Å². The number of rotatable bonds is 6. The van der Waals surface area contributed by atoms with E-state index in [9.17, 15) is 0 Å². The molecule has 2 unspecified atom stereocenters. The van der Waals surface area contributed by atoms with Gasteiger partial charge in [0.1, 0.15) is 0 Å². The van der Waals surface area contributed by atoms with Gasteiger partial charge in [-0.25, -0.2) is 0 Å². The van der Waals surface area contributed by atoms with Gasteiger partial charge in [-0.05, 0) is 26.6 Å². The van der Waals surface area contributed by atoms with Crippen LogP contribution in [-0.4, -0.2) is 63.8 Å². The zero-order chi connectivity index (χ0) is 15.4. The van der Waals surface area contributed by atoms with Crippen LogP contribution in [0.1, 0.15) is 18.0 Å². The average Bonchev–Trinajstić information content (AvgIpc) is 2.97. The standard InChI is InChI=1S/C16H27N3O2/c1-18(2)12-8-9-19(11-12)14(10-17)13-6-5-7-15(20-3)16(13)21-4/h5-7,12,14H,8-11,17H2,1-4H3. The monoisotopic (exact) mass is 293 g/mol. The van der Waals surface area contributed by atoms with Crippen LogP contribution in [0.4, 0.5) is 0 Å². The number of hydrogen-bond donors (Lipinski definition) is 1. The Morgan fingerprint density at radius 1 is 1.33 bits per heavy atom. The highest BCUT2D eigenvalue weighted by atomic mass is 16.5. The van der Waals surface area contributed by atoms with Crippen molar-refractivity contribution in [2.45, 2.75) is 18.5 Å². The molecule has 1 aliphatic heterocycles. The fourth-order valence-corrected chi connectivity index (χ4v) is 3.12. The van der Waals surface area contributed by atoms with E-state index < -0.39 is 0 Å². The molecule has 0 saturated carbocycles. The molecule has 1 aliphatic rings. The average molecular weight is 293 g/mol. The van der Waals surface area contributed by atoms with Crippen molar-refractivity contribution < 1.29 is 9.47 Å². The smallest absolute Gasteiger partial charge is 0.165 e. The van der Waals surface area contributed by atoms with Gasteiger partial charge in [-0.2, -0.15) is 0 Å². The van der Waals surface area contributed by atoms with Crippen molar-refractivity contribution in [3.05, 3.63) is 23.8 Å². The van der Waals surface area contributed by atoms with Gasteiger partial charge >= 0.3 is 0 Å². The van der Waals surface area contributed by atoms with Crippen LogP contribution in [0.2, 0.25) is 0 Å². The fourth-order valence-electron chi connectivity index (χ4n) is 3.12. The van der Waals surface area contributed by atoms with Gasteiger partial charge < -0.3 is 20.1 Å². The lowest BCUT2D eigenvalue weighted by Gasteiger charge is -2.29. The Morgan fingerprint density at radius 2 is 2.10 bits per heavy atom. The number of likely N-dealkylation sites (tertiary alicyclic amines) is 1. The van der Waals surface area contributed by atoms with Gasteiger partial charge in [0, 0.05) is 31.2 Å². The molecule has 2 rings (SSSR count). The lowest BCUT2D eigenvalue weighted by Crippen LogP contribution is -2.36. The molecule has 1 fully saturated rings. The topological polar surface area (TPSA) is 51.0 Å². The van der Waals surface area contributed by atoms with Gasteiger partial charge in [0.05, 0.1) is 20.3 Å². The van der Waals surface area contributed by atoms with E-state index in [0.29, 0.717) is 12.6 Å². The number of methoxy groups -OCH3 is 2. The second-order valence-electron chi connectivity index (χ2n) is 5.74. The van der Waals surface area contributed by atoms with Crippen molar-refractivity contribution in [3.8, 4) is 11.5 Å². The maximum Gasteiger partial charge on any atom is 0.165 e. The van der Waals surface area contributed by atoms with Crippen molar-refractivity contribution in [1.82, 2.24) is 9.80 Å². The molecule has 1 saturated heterocycles. The van der Waals surface area contributed by atoms with E-state index >= 15 is 0 Å². The summed E-state index contributed by atoms with van der Waals surface area (Å²) < 4.78 is 11.0. The van der Waals surface area contributed by atoms with Crippen molar-refractivity contribution in [2.24, 2.45) is 5.73 Å². The third-order valence-electron chi connectivity index (χ3n) is 4.38. The van der Waals surface area contributed by atoms with E-state index in [0.717, 1.165) is 30.2 Å². The van der Waals surface area contributed by atoms with Crippen LogP contribution in [0, 0.1) is 0 Å². The first-order chi connectivity index (χ1) is 10.1. The molecule has 1 aromatic carbocycles. The number of hydrogen-bond acceptors (Lipinski definition) is 5. The third-order valence-corrected chi connectivity index (χ3v) is 4.38. The van der Waals surface area contributed by atoms with Crippen LogP contribution < -0.4 is 15.2 Å². The number of benzene rings is 1. The maximum atomic E-state index is 6.07. The summed E-state index contributed by atoms with van der Waals surface area (Å²) in [5.41, 5.74) is 7.18. The van der Waals surface area contributed by atoms with Crippen LogP contribution in [0.15, 0.2) is 18.2 Å². The Balaban J connectivity index is 2.26. The Kier molecular flexibility index (Phi) is 5.45. The minimum Gasteiger partial charge on any atom is -0.493 e. The lowest BCUT2D eigenvalue weighted by atomic mass is 10.0. The first-order valence-corrected chi connectivity index (χ1v) is 7.43. The van der Waals surface area contributed by atoms with Crippen molar-refractivity contribution >= 4 is 0 Å². The molecule has 2 N–H and O–H groups in total. The molecule has 0 aromatic heterocycles. The predicted octanol–water partition coefficient (Wildman–Crippen LogP) is 1.34. The summed E-state index contributed by atoms with van der Waals surface area (Å²) in [6.45, 7) is 2.67. The van der Waals surface area contributed by atoms with Crippen molar-refractivity contribution in [1.29, 1.82) is 0 Å². The molecule has 21 heavy (non-hydrogen) atoms. The zero-order valence-electron chi connectivity index (χ0n) is 13.5. The summed E-state index contributed by atoms with van der Waals surface area (Å²) in [4.78, 5) is 4.73. The first-order valence-electron chi connectivity index (χ1n) is 7.43. The molecule has 2 atom stereocenters. The SMILES string of the molecule is COc1cccc(C(CN)N2CCC(N(C)C)C2)c1OC. The van der Waals surface area contributed by atoms with E-state index in [1.54, 1.807) is 14.2 Å². The summed E-state index contributed by atoms with van der Waals surface area (Å²) in [7, 11) is 7.62. The van der Waals surface area contributed by atoms with Crippen molar-refractivity contribution in [3.63, 3.8) is 0 Å². The Morgan fingerprint density at radius 3 is 2.62 bits per heavy atom. The summed E-state index contributed by atoms with van der Waals surface area (Å²) in [5, 5.41) is 0. The largest absolute Gasteiger partial charge is 0.493 e. The molecule has 1 aromatic rings. The van der Waals surface area contributed by atoms with Crippen LogP contribution >= 0.6 is 0 Å². The highest BCUT2D eigenvalue weighted by Crippen LogP contribution is 2.37. The molecule has 0 amide bonds. The van der Waals surface area contributed by atoms with Crippen LogP contribution in [0.3, 0.4) is 0 Å². The highest BCUT2D eigenvalue weighted by molar-refractivity contribution is 5.48. The van der Waals surface area contributed by atoms with Crippen LogP contribution in [0.25, 0.3) is 0 Å². The third kappa shape index (κ3) is 3.31. The van der Waals surface area contributed by atoms with E-state index in [4.69, 9.17) is 15.2 Å². The summed E-state index contributed by atoms with van der Waals surface area (Å²) in [6.07, 6.45) is 1.18. The molecular weight excluding hydrogens is 266 g/mol. The van der Waals surface area contributed by atoms with Gasteiger partial charge in [-0.3, -0.25) is 4.90 Å². The van der Waals surface area contributed by atoms with Crippen LogP contribution in [0.5, 0.6) is 11.5 Å². The Labute approximate surface area is 127 Å². The molecule has 1 heterocycles. The second-order valence-corrected chi connectivity index (χ2v) is 5.74. The minimum atomic E-state index is 0.167. The molecule has 0 radical (unpaired) electrons. The van der Waals surface area contributed by atoms with E-state index in [1.807, 2.05) is 12.1 Å². The van der Waals surface area contributed by atoms with Gasteiger partial charge in [-0.1, -0.05) is 12.1 Å². The van der Waals surface area contributed by atoms with E-state index in [-0.39, 0.29) is 6.04 Å². The molecule has 5 heteroatoms. The number of nitrogens with two attached hydrogens (primary N) is 1. The Hall–Kier alpha value is -1.30. The van der Waals surface area contributed by atoms with Gasteiger partial charge in [0.25, 0.3) is 0 Å². The molecule has 118 valence electrons. The highest BCUT2D eigenvalue weighted by Gasteiger charge is 2.31. The lowest BCUT2D eigenvalue weighted by molar-refractivity contribution is 0.216. The minimum absolute atomic E-state index is 0.167.